The van der Waals surface area contributed by atoms with Crippen LogP contribution in [0.25, 0.3) is 0 Å². The fourth-order valence-corrected chi connectivity index (χ4v) is 3.74. The van der Waals surface area contributed by atoms with Crippen molar-refractivity contribution >= 4 is 33.9 Å². The van der Waals surface area contributed by atoms with Gasteiger partial charge >= 0.3 is 0 Å². The first-order valence-electron chi connectivity index (χ1n) is 6.79. The van der Waals surface area contributed by atoms with Gasteiger partial charge in [-0.1, -0.05) is 40.8 Å². The average Bonchev–Trinajstić information content (AvgIpc) is 2.96. The Labute approximate surface area is 132 Å². The van der Waals surface area contributed by atoms with Crippen molar-refractivity contribution in [3.8, 4) is 0 Å². The SMILES string of the molecule is Cc1ccc(Nc2nnc(SCC3CCOCO3)s2)cc1. The lowest BCUT2D eigenvalue weighted by Gasteiger charge is -2.21. The molecule has 2 aromatic rings. The van der Waals surface area contributed by atoms with Gasteiger partial charge in [0.1, 0.15) is 6.79 Å². The molecule has 1 aliphatic heterocycles. The minimum atomic E-state index is 0.251. The molecule has 5 nitrogen and oxygen atoms in total. The molecule has 1 atom stereocenters. The van der Waals surface area contributed by atoms with Crippen molar-refractivity contribution in [2.45, 2.75) is 23.8 Å². The fraction of sp³-hybridized carbons (Fsp3) is 0.429. The predicted molar refractivity (Wildman–Crippen MR) is 85.4 cm³/mol. The highest BCUT2D eigenvalue weighted by Gasteiger charge is 2.15. The zero-order chi connectivity index (χ0) is 14.5. The van der Waals surface area contributed by atoms with Gasteiger partial charge in [-0.15, -0.1) is 10.2 Å². The van der Waals surface area contributed by atoms with Gasteiger partial charge in [-0.25, -0.2) is 0 Å². The molecule has 0 amide bonds. The first-order chi connectivity index (χ1) is 10.3. The van der Waals surface area contributed by atoms with Crippen molar-refractivity contribution in [2.75, 3.05) is 24.5 Å². The number of anilines is 2. The summed E-state index contributed by atoms with van der Waals surface area (Å²) in [4.78, 5) is 0. The predicted octanol–water partition coefficient (Wildman–Crippen LogP) is 3.45. The molecular formula is C14H17N3O2S2. The zero-order valence-electron chi connectivity index (χ0n) is 11.7. The standard InChI is InChI=1S/C14H17N3O2S2/c1-10-2-4-11(5-3-10)15-13-16-17-14(21-13)20-8-12-6-7-18-9-19-12/h2-5,12H,6-9H2,1H3,(H,15,16). The molecule has 0 spiro atoms. The summed E-state index contributed by atoms with van der Waals surface area (Å²) in [5.41, 5.74) is 2.27. The molecule has 1 aliphatic rings. The van der Waals surface area contributed by atoms with Gasteiger partial charge in [0.25, 0.3) is 0 Å². The van der Waals surface area contributed by atoms with Crippen molar-refractivity contribution in [1.29, 1.82) is 0 Å². The van der Waals surface area contributed by atoms with Crippen LogP contribution in [0.15, 0.2) is 28.6 Å². The molecule has 7 heteroatoms. The summed E-state index contributed by atoms with van der Waals surface area (Å²) in [5.74, 6) is 0.891. The van der Waals surface area contributed by atoms with Crippen LogP contribution in [0.3, 0.4) is 0 Å². The van der Waals surface area contributed by atoms with Crippen LogP contribution < -0.4 is 5.32 Å². The Morgan fingerprint density at radius 2 is 2.19 bits per heavy atom. The third-order valence-electron chi connectivity index (χ3n) is 3.07. The van der Waals surface area contributed by atoms with Crippen LogP contribution in [0.5, 0.6) is 0 Å². The molecule has 1 fully saturated rings. The number of ether oxygens (including phenoxy) is 2. The van der Waals surface area contributed by atoms with Gasteiger partial charge in [-0.05, 0) is 25.5 Å². The Morgan fingerprint density at radius 3 is 2.95 bits per heavy atom. The molecule has 3 rings (SSSR count). The van der Waals surface area contributed by atoms with Crippen LogP contribution >= 0.6 is 23.1 Å². The summed E-state index contributed by atoms with van der Waals surface area (Å²) in [6.45, 7) is 3.25. The topological polar surface area (TPSA) is 56.3 Å². The van der Waals surface area contributed by atoms with Gasteiger partial charge in [-0.3, -0.25) is 0 Å². The monoisotopic (exact) mass is 323 g/mol. The number of nitrogens with zero attached hydrogens (tertiary/aromatic N) is 2. The number of hydrogen-bond donors (Lipinski definition) is 1. The van der Waals surface area contributed by atoms with Crippen molar-refractivity contribution in [2.24, 2.45) is 0 Å². The summed E-state index contributed by atoms with van der Waals surface area (Å²) in [5, 5.41) is 12.4. The minimum absolute atomic E-state index is 0.251. The maximum atomic E-state index is 5.51. The number of thioether (sulfide) groups is 1. The van der Waals surface area contributed by atoms with Crippen LogP contribution in [0.1, 0.15) is 12.0 Å². The van der Waals surface area contributed by atoms with Gasteiger partial charge < -0.3 is 14.8 Å². The zero-order valence-corrected chi connectivity index (χ0v) is 13.4. The minimum Gasteiger partial charge on any atom is -0.355 e. The highest BCUT2D eigenvalue weighted by atomic mass is 32.2. The molecule has 0 aliphatic carbocycles. The molecule has 0 radical (unpaired) electrons. The third-order valence-corrected chi connectivity index (χ3v) is 5.18. The van der Waals surface area contributed by atoms with Gasteiger partial charge in [0.2, 0.25) is 5.13 Å². The Morgan fingerprint density at radius 1 is 1.33 bits per heavy atom. The average molecular weight is 323 g/mol. The quantitative estimate of drug-likeness (QED) is 0.851. The molecule has 2 heterocycles. The Balaban J connectivity index is 1.52. The van der Waals surface area contributed by atoms with Crippen molar-refractivity contribution in [3.63, 3.8) is 0 Å². The smallest absolute Gasteiger partial charge is 0.210 e. The molecule has 0 bridgehead atoms. The van der Waals surface area contributed by atoms with Gasteiger partial charge in [0.05, 0.1) is 12.7 Å². The van der Waals surface area contributed by atoms with Crippen LogP contribution in [-0.2, 0) is 9.47 Å². The van der Waals surface area contributed by atoms with E-state index in [9.17, 15) is 0 Å². The van der Waals surface area contributed by atoms with E-state index in [2.05, 4.69) is 34.6 Å². The highest BCUT2D eigenvalue weighted by molar-refractivity contribution is 8.01. The van der Waals surface area contributed by atoms with Crippen LogP contribution in [0, 0.1) is 6.92 Å². The summed E-state index contributed by atoms with van der Waals surface area (Å²) in [6, 6.07) is 8.22. The van der Waals surface area contributed by atoms with Crippen LogP contribution in [0.4, 0.5) is 10.8 Å². The largest absolute Gasteiger partial charge is 0.355 e. The van der Waals surface area contributed by atoms with E-state index in [0.29, 0.717) is 6.79 Å². The van der Waals surface area contributed by atoms with Crippen molar-refractivity contribution in [3.05, 3.63) is 29.8 Å². The summed E-state index contributed by atoms with van der Waals surface area (Å²) in [7, 11) is 0. The van der Waals surface area contributed by atoms with E-state index in [0.717, 1.165) is 33.9 Å². The van der Waals surface area contributed by atoms with E-state index < -0.39 is 0 Å². The highest BCUT2D eigenvalue weighted by Crippen LogP contribution is 2.29. The van der Waals surface area contributed by atoms with Crippen LogP contribution in [-0.4, -0.2) is 35.5 Å². The Hall–Kier alpha value is -1.15. The number of nitrogens with one attached hydrogen (secondary N) is 1. The molecule has 21 heavy (non-hydrogen) atoms. The number of aromatic nitrogens is 2. The normalized spacial score (nSPS) is 18.6. The molecule has 1 N–H and O–H groups in total. The second kappa shape index (κ2) is 7.22. The molecule has 1 saturated heterocycles. The lowest BCUT2D eigenvalue weighted by Crippen LogP contribution is -2.25. The van der Waals surface area contributed by atoms with Crippen molar-refractivity contribution in [1.82, 2.24) is 10.2 Å². The van der Waals surface area contributed by atoms with E-state index in [-0.39, 0.29) is 6.10 Å². The first-order valence-corrected chi connectivity index (χ1v) is 8.59. The maximum absolute atomic E-state index is 5.51. The molecule has 0 saturated carbocycles. The number of rotatable bonds is 5. The second-order valence-electron chi connectivity index (χ2n) is 4.78. The molecule has 1 aromatic carbocycles. The lowest BCUT2D eigenvalue weighted by atomic mass is 10.2. The Kier molecular flexibility index (Phi) is 5.08. The van der Waals surface area contributed by atoms with E-state index in [1.807, 2.05) is 12.1 Å². The Bertz CT molecular complexity index is 568. The first kappa shape index (κ1) is 14.8. The van der Waals surface area contributed by atoms with E-state index >= 15 is 0 Å². The summed E-state index contributed by atoms with van der Waals surface area (Å²) < 4.78 is 11.6. The molecule has 1 aromatic heterocycles. The van der Waals surface area contributed by atoms with Gasteiger partial charge in [0, 0.05) is 11.4 Å². The number of hydrogen-bond acceptors (Lipinski definition) is 7. The molecule has 1 unspecified atom stereocenters. The second-order valence-corrected chi connectivity index (χ2v) is 7.02. The maximum Gasteiger partial charge on any atom is 0.210 e. The van der Waals surface area contributed by atoms with E-state index in [4.69, 9.17) is 9.47 Å². The fourth-order valence-electron chi connectivity index (χ4n) is 1.88. The van der Waals surface area contributed by atoms with Crippen molar-refractivity contribution < 1.29 is 9.47 Å². The number of benzene rings is 1. The van der Waals surface area contributed by atoms with Gasteiger partial charge in [-0.2, -0.15) is 0 Å². The van der Waals surface area contributed by atoms with Crippen LogP contribution in [0.2, 0.25) is 0 Å². The van der Waals surface area contributed by atoms with E-state index in [1.54, 1.807) is 23.1 Å². The molecule has 112 valence electrons. The number of aryl methyl sites for hydroxylation is 1. The summed E-state index contributed by atoms with van der Waals surface area (Å²) in [6.07, 6.45) is 1.20. The lowest BCUT2D eigenvalue weighted by molar-refractivity contribution is -0.130. The van der Waals surface area contributed by atoms with E-state index in [1.165, 1.54) is 5.56 Å². The van der Waals surface area contributed by atoms with Gasteiger partial charge in [0.15, 0.2) is 4.34 Å². The molecular weight excluding hydrogens is 306 g/mol. The summed E-state index contributed by atoms with van der Waals surface area (Å²) >= 11 is 3.25. The third kappa shape index (κ3) is 4.41.